The Kier molecular flexibility index (Phi) is 5.99. The molecule has 0 aliphatic carbocycles. The Bertz CT molecular complexity index is 912. The van der Waals surface area contributed by atoms with Crippen molar-refractivity contribution in [2.45, 2.75) is 26.7 Å². The first-order valence-electron chi connectivity index (χ1n) is 9.14. The Morgan fingerprint density at radius 3 is 2.50 bits per heavy atom. The topological polar surface area (TPSA) is 78.5 Å². The second-order valence-corrected chi connectivity index (χ2v) is 7.20. The summed E-state index contributed by atoms with van der Waals surface area (Å²) in [5.41, 5.74) is 2.93. The summed E-state index contributed by atoms with van der Waals surface area (Å²) in [6.07, 6.45) is 1.09. The molecule has 7 heteroatoms. The molecule has 1 fully saturated rings. The number of hydrogen-bond acceptors (Lipinski definition) is 3. The van der Waals surface area contributed by atoms with Gasteiger partial charge in [0, 0.05) is 31.3 Å². The van der Waals surface area contributed by atoms with Crippen molar-refractivity contribution in [3.8, 4) is 0 Å². The van der Waals surface area contributed by atoms with Crippen LogP contribution in [-0.2, 0) is 20.8 Å². The number of anilines is 3. The fourth-order valence-corrected chi connectivity index (χ4v) is 3.34. The minimum absolute atomic E-state index is 0.0700. The third-order valence-corrected chi connectivity index (χ3v) is 5.03. The van der Waals surface area contributed by atoms with Crippen molar-refractivity contribution in [1.82, 2.24) is 0 Å². The third kappa shape index (κ3) is 4.51. The molecular weight excluding hydrogens is 378 g/mol. The molecule has 1 saturated heterocycles. The van der Waals surface area contributed by atoms with Gasteiger partial charge in [0.15, 0.2) is 0 Å². The number of amides is 3. The summed E-state index contributed by atoms with van der Waals surface area (Å²) < 4.78 is 0. The van der Waals surface area contributed by atoms with Gasteiger partial charge in [-0.1, -0.05) is 30.7 Å². The van der Waals surface area contributed by atoms with Crippen LogP contribution in [0, 0.1) is 5.92 Å². The second kappa shape index (κ2) is 8.44. The summed E-state index contributed by atoms with van der Waals surface area (Å²) in [6, 6.07) is 12.7. The highest BCUT2D eigenvalue weighted by molar-refractivity contribution is 6.33. The summed E-state index contributed by atoms with van der Waals surface area (Å²) in [5, 5.41) is 5.80. The molecule has 0 bridgehead atoms. The van der Waals surface area contributed by atoms with Crippen LogP contribution in [-0.4, -0.2) is 24.3 Å². The van der Waals surface area contributed by atoms with Crippen LogP contribution < -0.4 is 15.5 Å². The number of aryl methyl sites for hydroxylation is 1. The Morgan fingerprint density at radius 1 is 1.14 bits per heavy atom. The molecule has 0 radical (unpaired) electrons. The van der Waals surface area contributed by atoms with Crippen molar-refractivity contribution in [2.75, 3.05) is 22.1 Å². The Morgan fingerprint density at radius 2 is 1.86 bits per heavy atom. The average molecular weight is 400 g/mol. The first-order chi connectivity index (χ1) is 13.4. The standard InChI is InChI=1S/C21H22ClN3O3/c1-3-14-4-7-17(8-5-14)25-12-15(10-20(25)27)21(28)24-16-6-9-18(22)19(11-16)23-13(2)26/h4-9,11,15H,3,10,12H2,1-2H3,(H,23,26)(H,24,28). The zero-order valence-corrected chi connectivity index (χ0v) is 16.5. The Labute approximate surface area is 168 Å². The maximum Gasteiger partial charge on any atom is 0.229 e. The van der Waals surface area contributed by atoms with Crippen LogP contribution in [0.5, 0.6) is 0 Å². The molecule has 0 saturated carbocycles. The van der Waals surface area contributed by atoms with E-state index in [1.807, 2.05) is 24.3 Å². The van der Waals surface area contributed by atoms with Crippen LogP contribution in [0.2, 0.25) is 5.02 Å². The summed E-state index contributed by atoms with van der Waals surface area (Å²) in [5.74, 6) is -1.01. The number of hydrogen-bond donors (Lipinski definition) is 2. The number of benzene rings is 2. The van der Waals surface area contributed by atoms with E-state index in [0.717, 1.165) is 12.1 Å². The van der Waals surface area contributed by atoms with Crippen LogP contribution in [0.4, 0.5) is 17.1 Å². The number of carbonyl (C=O) groups excluding carboxylic acids is 3. The lowest BCUT2D eigenvalue weighted by Gasteiger charge is -2.17. The van der Waals surface area contributed by atoms with E-state index in [4.69, 9.17) is 11.6 Å². The third-order valence-electron chi connectivity index (χ3n) is 4.70. The summed E-state index contributed by atoms with van der Waals surface area (Å²) in [6.45, 7) is 3.79. The molecule has 3 rings (SSSR count). The Hall–Kier alpha value is -2.86. The second-order valence-electron chi connectivity index (χ2n) is 6.79. The van der Waals surface area contributed by atoms with Gasteiger partial charge in [0.05, 0.1) is 16.6 Å². The van der Waals surface area contributed by atoms with Crippen molar-refractivity contribution in [3.63, 3.8) is 0 Å². The lowest BCUT2D eigenvalue weighted by Crippen LogP contribution is -2.28. The highest BCUT2D eigenvalue weighted by atomic mass is 35.5. The smallest absolute Gasteiger partial charge is 0.229 e. The number of rotatable bonds is 5. The molecule has 3 amide bonds. The number of halogens is 1. The number of carbonyl (C=O) groups is 3. The van der Waals surface area contributed by atoms with E-state index in [0.29, 0.717) is 22.9 Å². The van der Waals surface area contributed by atoms with Crippen LogP contribution >= 0.6 is 11.6 Å². The van der Waals surface area contributed by atoms with Crippen LogP contribution in [0.25, 0.3) is 0 Å². The monoisotopic (exact) mass is 399 g/mol. The maximum absolute atomic E-state index is 12.6. The van der Waals surface area contributed by atoms with Gasteiger partial charge >= 0.3 is 0 Å². The fraction of sp³-hybridized carbons (Fsp3) is 0.286. The molecule has 1 aliphatic heterocycles. The van der Waals surface area contributed by atoms with E-state index in [9.17, 15) is 14.4 Å². The average Bonchev–Trinajstić information content (AvgIpc) is 3.06. The Balaban J connectivity index is 1.68. The van der Waals surface area contributed by atoms with Gasteiger partial charge in [-0.05, 0) is 42.3 Å². The summed E-state index contributed by atoms with van der Waals surface area (Å²) >= 11 is 6.05. The maximum atomic E-state index is 12.6. The van der Waals surface area contributed by atoms with Gasteiger partial charge in [-0.3, -0.25) is 14.4 Å². The lowest BCUT2D eigenvalue weighted by molar-refractivity contribution is -0.122. The predicted molar refractivity (Wildman–Crippen MR) is 111 cm³/mol. The zero-order chi connectivity index (χ0) is 20.3. The van der Waals surface area contributed by atoms with Crippen molar-refractivity contribution in [1.29, 1.82) is 0 Å². The van der Waals surface area contributed by atoms with Crippen LogP contribution in [0.15, 0.2) is 42.5 Å². The van der Waals surface area contributed by atoms with E-state index in [-0.39, 0.29) is 24.1 Å². The van der Waals surface area contributed by atoms with Crippen molar-refractivity contribution in [3.05, 3.63) is 53.1 Å². The number of nitrogens with one attached hydrogen (secondary N) is 2. The quantitative estimate of drug-likeness (QED) is 0.801. The van der Waals surface area contributed by atoms with Gasteiger partial charge in [0.25, 0.3) is 0 Å². The molecule has 2 aromatic carbocycles. The molecular formula is C21H22ClN3O3. The highest BCUT2D eigenvalue weighted by Gasteiger charge is 2.35. The summed E-state index contributed by atoms with van der Waals surface area (Å²) in [4.78, 5) is 37.9. The van der Waals surface area contributed by atoms with Gasteiger partial charge in [-0.15, -0.1) is 0 Å². The van der Waals surface area contributed by atoms with Crippen molar-refractivity contribution < 1.29 is 14.4 Å². The SMILES string of the molecule is CCc1ccc(N2CC(C(=O)Nc3ccc(Cl)c(NC(C)=O)c3)CC2=O)cc1. The van der Waals surface area contributed by atoms with E-state index in [2.05, 4.69) is 17.6 Å². The van der Waals surface area contributed by atoms with Gasteiger partial charge in [0.2, 0.25) is 17.7 Å². The highest BCUT2D eigenvalue weighted by Crippen LogP contribution is 2.28. The molecule has 1 unspecified atom stereocenters. The molecule has 6 nitrogen and oxygen atoms in total. The van der Waals surface area contributed by atoms with Gasteiger partial charge in [-0.25, -0.2) is 0 Å². The fourth-order valence-electron chi connectivity index (χ4n) is 3.18. The van der Waals surface area contributed by atoms with Crippen molar-refractivity contribution in [2.24, 2.45) is 5.92 Å². The molecule has 1 atom stereocenters. The first-order valence-corrected chi connectivity index (χ1v) is 9.52. The predicted octanol–water partition coefficient (Wildman–Crippen LogP) is 3.85. The molecule has 28 heavy (non-hydrogen) atoms. The van der Waals surface area contributed by atoms with E-state index in [1.165, 1.54) is 12.5 Å². The molecule has 0 spiro atoms. The minimum Gasteiger partial charge on any atom is -0.326 e. The zero-order valence-electron chi connectivity index (χ0n) is 15.8. The normalized spacial score (nSPS) is 16.2. The summed E-state index contributed by atoms with van der Waals surface area (Å²) in [7, 11) is 0. The molecule has 146 valence electrons. The number of nitrogens with zero attached hydrogens (tertiary/aromatic N) is 1. The lowest BCUT2D eigenvalue weighted by atomic mass is 10.1. The first kappa shape index (κ1) is 19.9. The molecule has 1 heterocycles. The van der Waals surface area contributed by atoms with E-state index < -0.39 is 5.92 Å². The van der Waals surface area contributed by atoms with E-state index in [1.54, 1.807) is 23.1 Å². The van der Waals surface area contributed by atoms with Crippen LogP contribution in [0.1, 0.15) is 25.8 Å². The van der Waals surface area contributed by atoms with Crippen LogP contribution in [0.3, 0.4) is 0 Å². The molecule has 2 aromatic rings. The largest absolute Gasteiger partial charge is 0.326 e. The minimum atomic E-state index is -0.446. The van der Waals surface area contributed by atoms with Gasteiger partial charge in [-0.2, -0.15) is 0 Å². The van der Waals surface area contributed by atoms with Crippen molar-refractivity contribution >= 4 is 46.4 Å². The van der Waals surface area contributed by atoms with Gasteiger partial charge in [0.1, 0.15) is 0 Å². The van der Waals surface area contributed by atoms with Gasteiger partial charge < -0.3 is 15.5 Å². The molecule has 1 aliphatic rings. The van der Waals surface area contributed by atoms with E-state index >= 15 is 0 Å². The molecule has 2 N–H and O–H groups in total. The molecule has 0 aromatic heterocycles.